The first-order valence-electron chi connectivity index (χ1n) is 10.2. The Morgan fingerprint density at radius 3 is 2.65 bits per heavy atom. The Morgan fingerprint density at radius 2 is 1.94 bits per heavy atom. The van der Waals surface area contributed by atoms with E-state index in [0.29, 0.717) is 11.7 Å². The highest BCUT2D eigenvalue weighted by Gasteiger charge is 2.22. The maximum absolute atomic E-state index is 12.5. The van der Waals surface area contributed by atoms with Crippen molar-refractivity contribution in [3.63, 3.8) is 0 Å². The molecule has 0 radical (unpaired) electrons. The number of rotatable bonds is 5. The van der Waals surface area contributed by atoms with Gasteiger partial charge in [-0.15, -0.1) is 0 Å². The normalized spacial score (nSPS) is 17.8. The van der Waals surface area contributed by atoms with Gasteiger partial charge in [-0.2, -0.15) is 0 Å². The number of hydrogen-bond donors (Lipinski definition) is 1. The fraction of sp³-hybridized carbons (Fsp3) is 0.250. The van der Waals surface area contributed by atoms with E-state index < -0.39 is 0 Å². The zero-order chi connectivity index (χ0) is 21.8. The minimum absolute atomic E-state index is 0.136. The number of anilines is 1. The van der Waals surface area contributed by atoms with Crippen molar-refractivity contribution in [1.29, 1.82) is 0 Å². The molecule has 0 saturated carbocycles. The van der Waals surface area contributed by atoms with Crippen LogP contribution >= 0.6 is 0 Å². The minimum Gasteiger partial charge on any atom is -0.310 e. The number of nitrogens with zero attached hydrogens (tertiary/aromatic N) is 5. The molecule has 0 fully saturated rings. The van der Waals surface area contributed by atoms with Gasteiger partial charge >= 0.3 is 0 Å². The third kappa shape index (κ3) is 4.88. The fourth-order valence-corrected chi connectivity index (χ4v) is 3.64. The molecule has 1 aliphatic rings. The molecular weight excluding hydrogens is 388 g/mol. The molecule has 1 aliphatic heterocycles. The van der Waals surface area contributed by atoms with Crippen LogP contribution in [0.1, 0.15) is 36.6 Å². The van der Waals surface area contributed by atoms with Gasteiger partial charge in [-0.25, -0.2) is 4.98 Å². The van der Waals surface area contributed by atoms with Crippen molar-refractivity contribution in [2.75, 3.05) is 5.32 Å². The quantitative estimate of drug-likeness (QED) is 0.680. The molecule has 2 atom stereocenters. The second kappa shape index (κ2) is 8.95. The van der Waals surface area contributed by atoms with Crippen LogP contribution in [-0.2, 0) is 11.2 Å². The topological polar surface area (TPSA) is 93.0 Å². The molecule has 1 N–H and O–H groups in total. The highest BCUT2D eigenvalue weighted by Crippen LogP contribution is 2.30. The van der Waals surface area contributed by atoms with E-state index in [1.807, 2.05) is 32.2 Å². The summed E-state index contributed by atoms with van der Waals surface area (Å²) in [6.07, 6.45) is 12.7. The Morgan fingerprint density at radius 1 is 1.06 bits per heavy atom. The fourth-order valence-electron chi connectivity index (χ4n) is 3.64. The summed E-state index contributed by atoms with van der Waals surface area (Å²) in [6.45, 7) is 6.18. The Labute approximate surface area is 181 Å². The van der Waals surface area contributed by atoms with Crippen LogP contribution in [0.2, 0.25) is 0 Å². The summed E-state index contributed by atoms with van der Waals surface area (Å²) < 4.78 is 0. The summed E-state index contributed by atoms with van der Waals surface area (Å²) >= 11 is 0. The van der Waals surface area contributed by atoms with Crippen LogP contribution in [0.25, 0.3) is 11.3 Å². The summed E-state index contributed by atoms with van der Waals surface area (Å²) in [7, 11) is 0. The third-order valence-electron chi connectivity index (χ3n) is 5.25. The molecule has 0 aromatic carbocycles. The van der Waals surface area contributed by atoms with E-state index in [-0.39, 0.29) is 18.2 Å². The van der Waals surface area contributed by atoms with Gasteiger partial charge in [0.15, 0.2) is 0 Å². The molecule has 0 spiro atoms. The van der Waals surface area contributed by atoms with Crippen LogP contribution < -0.4 is 5.32 Å². The number of hydrogen-bond acceptors (Lipinski definition) is 6. The molecule has 2 unspecified atom stereocenters. The monoisotopic (exact) mass is 412 g/mol. The van der Waals surface area contributed by atoms with Crippen LogP contribution in [-0.4, -0.2) is 32.1 Å². The van der Waals surface area contributed by atoms with Crippen molar-refractivity contribution in [3.05, 3.63) is 77.8 Å². The Hall–Kier alpha value is -3.74. The van der Waals surface area contributed by atoms with Crippen molar-refractivity contribution < 1.29 is 4.79 Å². The summed E-state index contributed by atoms with van der Waals surface area (Å²) in [6, 6.07) is 5.65. The minimum atomic E-state index is -0.136. The number of amides is 1. The SMILES string of the molecule is CC1=CC(c2ncc(CC(=O)Nc3ccc(-c4cnccn4)cn3)cc2C)C(C)C=N1. The molecule has 7 heteroatoms. The molecule has 4 heterocycles. The molecule has 3 aromatic heterocycles. The lowest BCUT2D eigenvalue weighted by Crippen LogP contribution is -2.17. The van der Waals surface area contributed by atoms with Gasteiger partial charge in [-0.05, 0) is 37.1 Å². The first kappa shape index (κ1) is 20.5. The van der Waals surface area contributed by atoms with Gasteiger partial charge < -0.3 is 5.32 Å². The smallest absolute Gasteiger partial charge is 0.230 e. The molecule has 3 aromatic rings. The van der Waals surface area contributed by atoms with Crippen molar-refractivity contribution in [2.45, 2.75) is 33.1 Å². The zero-order valence-electron chi connectivity index (χ0n) is 17.8. The molecule has 7 nitrogen and oxygen atoms in total. The number of aryl methyl sites for hydroxylation is 1. The average molecular weight is 412 g/mol. The first-order chi connectivity index (χ1) is 15.0. The average Bonchev–Trinajstić information content (AvgIpc) is 2.77. The molecular formula is C24H24N6O. The van der Waals surface area contributed by atoms with Gasteiger partial charge in [0.05, 0.1) is 24.0 Å². The van der Waals surface area contributed by atoms with E-state index in [1.54, 1.807) is 37.1 Å². The lowest BCUT2D eigenvalue weighted by Gasteiger charge is -2.22. The number of carbonyl (C=O) groups is 1. The summed E-state index contributed by atoms with van der Waals surface area (Å²) in [5.74, 6) is 0.856. The molecule has 0 saturated heterocycles. The van der Waals surface area contributed by atoms with Crippen molar-refractivity contribution >= 4 is 17.9 Å². The summed E-state index contributed by atoms with van der Waals surface area (Å²) in [4.78, 5) is 34.2. The van der Waals surface area contributed by atoms with Gasteiger partial charge in [0.1, 0.15) is 5.82 Å². The van der Waals surface area contributed by atoms with Gasteiger partial charge in [-0.1, -0.05) is 19.1 Å². The number of aliphatic imine (C=N–C) groups is 1. The van der Waals surface area contributed by atoms with Crippen LogP contribution in [0.3, 0.4) is 0 Å². The van der Waals surface area contributed by atoms with Gasteiger partial charge in [-0.3, -0.25) is 24.7 Å². The number of carbonyl (C=O) groups excluding carboxylic acids is 1. The number of nitrogens with one attached hydrogen (secondary N) is 1. The molecule has 1 amide bonds. The Kier molecular flexibility index (Phi) is 5.93. The summed E-state index contributed by atoms with van der Waals surface area (Å²) in [5.41, 5.74) is 5.56. The maximum Gasteiger partial charge on any atom is 0.230 e. The zero-order valence-corrected chi connectivity index (χ0v) is 17.8. The van der Waals surface area contributed by atoms with Crippen molar-refractivity contribution in [1.82, 2.24) is 19.9 Å². The number of aromatic nitrogens is 4. The first-order valence-corrected chi connectivity index (χ1v) is 10.2. The van der Waals surface area contributed by atoms with Crippen molar-refractivity contribution in [3.8, 4) is 11.3 Å². The standard InChI is InChI=1S/C24H24N6O/c1-15-8-18(12-29-24(15)20-9-17(3)27-11-16(20)2)10-23(31)30-22-5-4-19(13-28-22)21-14-25-6-7-26-21/h4-9,11-14,16,20H,10H2,1-3H3,(H,28,30,31). The molecule has 0 aliphatic carbocycles. The van der Waals surface area contributed by atoms with Crippen molar-refractivity contribution in [2.24, 2.45) is 10.9 Å². The van der Waals surface area contributed by atoms with Gasteiger partial charge in [0.2, 0.25) is 5.91 Å². The molecule has 4 rings (SSSR count). The van der Waals surface area contributed by atoms with E-state index in [9.17, 15) is 4.79 Å². The largest absolute Gasteiger partial charge is 0.310 e. The Balaban J connectivity index is 1.41. The van der Waals surface area contributed by atoms with E-state index >= 15 is 0 Å². The van der Waals surface area contributed by atoms with E-state index in [4.69, 9.17) is 0 Å². The van der Waals surface area contributed by atoms with Gasteiger partial charge in [0, 0.05) is 54.1 Å². The maximum atomic E-state index is 12.5. The lowest BCUT2D eigenvalue weighted by molar-refractivity contribution is -0.115. The second-order valence-electron chi connectivity index (χ2n) is 7.76. The van der Waals surface area contributed by atoms with Crippen LogP contribution in [0.4, 0.5) is 5.82 Å². The Bertz CT molecular complexity index is 1140. The van der Waals surface area contributed by atoms with E-state index in [1.165, 1.54) is 0 Å². The predicted molar refractivity (Wildman–Crippen MR) is 121 cm³/mol. The lowest BCUT2D eigenvalue weighted by atomic mass is 9.86. The second-order valence-corrected chi connectivity index (χ2v) is 7.76. The third-order valence-corrected chi connectivity index (χ3v) is 5.25. The van der Waals surface area contributed by atoms with Crippen LogP contribution in [0.5, 0.6) is 0 Å². The number of pyridine rings is 2. The van der Waals surface area contributed by atoms with Crippen LogP contribution in [0.15, 0.2) is 65.9 Å². The predicted octanol–water partition coefficient (Wildman–Crippen LogP) is 4.13. The van der Waals surface area contributed by atoms with Gasteiger partial charge in [0.25, 0.3) is 0 Å². The number of allylic oxidation sites excluding steroid dienone is 2. The van der Waals surface area contributed by atoms with E-state index in [0.717, 1.165) is 33.8 Å². The highest BCUT2D eigenvalue weighted by atomic mass is 16.1. The highest BCUT2D eigenvalue weighted by molar-refractivity contribution is 5.91. The van der Waals surface area contributed by atoms with Crippen LogP contribution in [0, 0.1) is 12.8 Å². The molecule has 0 bridgehead atoms. The summed E-state index contributed by atoms with van der Waals surface area (Å²) in [5, 5.41) is 2.84. The molecule has 156 valence electrons. The van der Waals surface area contributed by atoms with E-state index in [2.05, 4.69) is 43.2 Å². The molecule has 31 heavy (non-hydrogen) atoms.